The average molecular weight is 345 g/mol. The van der Waals surface area contributed by atoms with Gasteiger partial charge in [0.25, 0.3) is 5.91 Å². The van der Waals surface area contributed by atoms with Crippen molar-refractivity contribution in [1.82, 2.24) is 5.06 Å². The average Bonchev–Trinajstić information content (AvgIpc) is 2.66. The van der Waals surface area contributed by atoms with Crippen molar-refractivity contribution >= 4 is 5.91 Å². The largest absolute Gasteiger partial charge is 0.489 e. The molecule has 1 amide bonds. The van der Waals surface area contributed by atoms with Gasteiger partial charge in [0.1, 0.15) is 18.1 Å². The summed E-state index contributed by atoms with van der Waals surface area (Å²) in [5.41, 5.74) is 1.08. The van der Waals surface area contributed by atoms with Gasteiger partial charge in [0, 0.05) is 20.1 Å². The van der Waals surface area contributed by atoms with Gasteiger partial charge >= 0.3 is 0 Å². The lowest BCUT2D eigenvalue weighted by Crippen LogP contribution is -2.39. The highest BCUT2D eigenvalue weighted by Crippen LogP contribution is 2.20. The lowest BCUT2D eigenvalue weighted by Gasteiger charge is -2.22. The molecule has 0 aliphatic carbocycles. The van der Waals surface area contributed by atoms with Crippen molar-refractivity contribution in [1.29, 1.82) is 0 Å². The van der Waals surface area contributed by atoms with Crippen LogP contribution in [0.5, 0.6) is 11.5 Å². The zero-order chi connectivity index (χ0) is 18.1. The minimum absolute atomic E-state index is 0.160. The number of rotatable bonds is 9. The van der Waals surface area contributed by atoms with E-state index in [2.05, 4.69) is 0 Å². The van der Waals surface area contributed by atoms with Crippen LogP contribution in [0.1, 0.15) is 12.0 Å². The van der Waals surface area contributed by atoms with Crippen LogP contribution < -0.4 is 9.47 Å². The molecule has 0 bridgehead atoms. The number of hydrogen-bond donors (Lipinski definition) is 1. The maximum absolute atomic E-state index is 12.1. The first-order valence-electron chi connectivity index (χ1n) is 8.00. The minimum Gasteiger partial charge on any atom is -0.489 e. The number of ether oxygens (including phenoxy) is 2. The van der Waals surface area contributed by atoms with Gasteiger partial charge in [0.2, 0.25) is 0 Å². The van der Waals surface area contributed by atoms with Crippen LogP contribution in [0, 0.1) is 0 Å². The Morgan fingerprint density at radius 2 is 1.72 bits per heavy atom. The van der Waals surface area contributed by atoms with Crippen LogP contribution in [0.15, 0.2) is 54.6 Å². The molecule has 2 aromatic rings. The predicted octanol–water partition coefficient (Wildman–Crippen LogP) is 2.42. The van der Waals surface area contributed by atoms with Crippen molar-refractivity contribution in [2.45, 2.75) is 19.1 Å². The van der Waals surface area contributed by atoms with E-state index in [0.717, 1.165) is 10.6 Å². The number of aliphatic hydroxyl groups excluding tert-OH is 1. The number of likely N-dealkylation sites (N-methyl/N-ethyl adjacent to an activating group) is 1. The number of benzene rings is 2. The second-order valence-electron chi connectivity index (χ2n) is 5.38. The Morgan fingerprint density at radius 3 is 2.32 bits per heavy atom. The second-order valence-corrected chi connectivity index (χ2v) is 5.38. The van der Waals surface area contributed by atoms with E-state index in [1.54, 1.807) is 24.3 Å². The number of hydrogen-bond acceptors (Lipinski definition) is 5. The van der Waals surface area contributed by atoms with Crippen LogP contribution in [-0.4, -0.2) is 42.9 Å². The predicted molar refractivity (Wildman–Crippen MR) is 93.1 cm³/mol. The molecule has 1 atom stereocenters. The summed E-state index contributed by atoms with van der Waals surface area (Å²) < 4.78 is 11.4. The van der Waals surface area contributed by atoms with E-state index in [9.17, 15) is 4.79 Å². The molecule has 0 spiro atoms. The van der Waals surface area contributed by atoms with Crippen LogP contribution in [0.3, 0.4) is 0 Å². The number of nitrogens with zero attached hydrogens (tertiary/aromatic N) is 1. The zero-order valence-electron chi connectivity index (χ0n) is 14.4. The lowest BCUT2D eigenvalue weighted by atomic mass is 10.2. The van der Waals surface area contributed by atoms with Crippen LogP contribution in [-0.2, 0) is 16.2 Å². The fourth-order valence-corrected chi connectivity index (χ4v) is 2.16. The second kappa shape index (κ2) is 9.66. The normalized spacial score (nSPS) is 11.6. The topological polar surface area (TPSA) is 68.2 Å². The van der Waals surface area contributed by atoms with E-state index in [4.69, 9.17) is 19.4 Å². The Morgan fingerprint density at radius 1 is 1.08 bits per heavy atom. The molecule has 0 saturated carbocycles. The van der Waals surface area contributed by atoms with Gasteiger partial charge in [-0.15, -0.1) is 0 Å². The Kier molecular flexibility index (Phi) is 7.25. The first-order valence-corrected chi connectivity index (χ1v) is 8.00. The van der Waals surface area contributed by atoms with Gasteiger partial charge in [-0.25, -0.2) is 5.06 Å². The van der Waals surface area contributed by atoms with Crippen molar-refractivity contribution in [3.05, 3.63) is 60.2 Å². The molecule has 2 aromatic carbocycles. The maximum Gasteiger partial charge on any atom is 0.286 e. The number of hydroxylamine groups is 2. The van der Waals surface area contributed by atoms with E-state index >= 15 is 0 Å². The molecular weight excluding hydrogens is 322 g/mol. The first kappa shape index (κ1) is 18.8. The molecule has 0 aliphatic rings. The molecule has 25 heavy (non-hydrogen) atoms. The van der Waals surface area contributed by atoms with Gasteiger partial charge in [-0.2, -0.15) is 0 Å². The van der Waals surface area contributed by atoms with E-state index in [-0.39, 0.29) is 18.9 Å². The summed E-state index contributed by atoms with van der Waals surface area (Å²) in [4.78, 5) is 17.0. The molecule has 6 heteroatoms. The Bertz CT molecular complexity index is 645. The SMILES string of the molecule is CON(C)C(=O)C(CCO)Oc1ccc(OCc2ccccc2)cc1. The molecule has 0 fully saturated rings. The highest BCUT2D eigenvalue weighted by molar-refractivity contribution is 5.80. The maximum atomic E-state index is 12.1. The van der Waals surface area contributed by atoms with Crippen LogP contribution in [0.2, 0.25) is 0 Å². The van der Waals surface area contributed by atoms with Crippen molar-refractivity contribution in [2.24, 2.45) is 0 Å². The van der Waals surface area contributed by atoms with Gasteiger partial charge < -0.3 is 14.6 Å². The number of carbonyl (C=O) groups is 1. The Labute approximate surface area is 147 Å². The van der Waals surface area contributed by atoms with Gasteiger partial charge in [-0.3, -0.25) is 9.63 Å². The summed E-state index contributed by atoms with van der Waals surface area (Å²) in [5.74, 6) is 0.861. The zero-order valence-corrected chi connectivity index (χ0v) is 14.4. The van der Waals surface area contributed by atoms with Crippen LogP contribution in [0.25, 0.3) is 0 Å². The minimum atomic E-state index is -0.814. The van der Waals surface area contributed by atoms with E-state index < -0.39 is 6.10 Å². The molecule has 0 aromatic heterocycles. The highest BCUT2D eigenvalue weighted by atomic mass is 16.7. The molecule has 0 radical (unpaired) electrons. The third kappa shape index (κ3) is 5.77. The molecule has 6 nitrogen and oxygen atoms in total. The third-order valence-corrected chi connectivity index (χ3v) is 3.60. The van der Waals surface area contributed by atoms with Crippen molar-refractivity contribution in [3.63, 3.8) is 0 Å². The molecule has 0 aliphatic heterocycles. The van der Waals surface area contributed by atoms with Crippen LogP contribution in [0.4, 0.5) is 0 Å². The highest BCUT2D eigenvalue weighted by Gasteiger charge is 2.23. The van der Waals surface area contributed by atoms with E-state index in [0.29, 0.717) is 18.1 Å². The molecule has 1 unspecified atom stereocenters. The summed E-state index contributed by atoms with van der Waals surface area (Å²) in [5, 5.41) is 10.2. The molecule has 0 heterocycles. The van der Waals surface area contributed by atoms with Crippen molar-refractivity contribution in [3.8, 4) is 11.5 Å². The molecule has 134 valence electrons. The summed E-state index contributed by atoms with van der Waals surface area (Å²) in [6, 6.07) is 16.9. The number of aliphatic hydroxyl groups is 1. The third-order valence-electron chi connectivity index (χ3n) is 3.60. The fraction of sp³-hybridized carbons (Fsp3) is 0.316. The van der Waals surface area contributed by atoms with E-state index in [1.165, 1.54) is 14.2 Å². The van der Waals surface area contributed by atoms with E-state index in [1.807, 2.05) is 30.3 Å². The van der Waals surface area contributed by atoms with Crippen LogP contribution >= 0.6 is 0 Å². The Balaban J connectivity index is 1.94. The summed E-state index contributed by atoms with van der Waals surface area (Å²) in [6.07, 6.45) is -0.634. The number of amides is 1. The fourth-order valence-electron chi connectivity index (χ4n) is 2.16. The monoisotopic (exact) mass is 345 g/mol. The standard InChI is InChI=1S/C19H23NO5/c1-20(23-2)19(22)18(12-13-21)25-17-10-8-16(9-11-17)24-14-15-6-4-3-5-7-15/h3-11,18,21H,12-14H2,1-2H3. The first-order chi connectivity index (χ1) is 12.1. The van der Waals surface area contributed by atoms with Crippen molar-refractivity contribution in [2.75, 3.05) is 20.8 Å². The molecule has 1 N–H and O–H groups in total. The quantitative estimate of drug-likeness (QED) is 0.707. The van der Waals surface area contributed by atoms with Gasteiger partial charge in [-0.05, 0) is 29.8 Å². The Hall–Kier alpha value is -2.57. The molecule has 2 rings (SSSR count). The number of carbonyl (C=O) groups excluding carboxylic acids is 1. The summed E-state index contributed by atoms with van der Waals surface area (Å²) in [6.45, 7) is 0.317. The van der Waals surface area contributed by atoms with Gasteiger partial charge in [0.15, 0.2) is 6.10 Å². The lowest BCUT2D eigenvalue weighted by molar-refractivity contribution is -0.177. The van der Waals surface area contributed by atoms with Crippen molar-refractivity contribution < 1.29 is 24.2 Å². The molecule has 0 saturated heterocycles. The van der Waals surface area contributed by atoms with Gasteiger partial charge in [-0.1, -0.05) is 30.3 Å². The molecular formula is C19H23NO5. The van der Waals surface area contributed by atoms with Gasteiger partial charge in [0.05, 0.1) is 7.11 Å². The summed E-state index contributed by atoms with van der Waals surface area (Å²) in [7, 11) is 2.89. The summed E-state index contributed by atoms with van der Waals surface area (Å²) >= 11 is 0. The smallest absolute Gasteiger partial charge is 0.286 e.